The molecule has 0 bridgehead atoms. The molecule has 1 aromatic carbocycles. The molecular formula is C13H10ClNO3S. The third-order valence-electron chi connectivity index (χ3n) is 2.34. The van der Waals surface area contributed by atoms with Gasteiger partial charge in [0, 0.05) is 10.6 Å². The molecule has 0 aliphatic carbocycles. The summed E-state index contributed by atoms with van der Waals surface area (Å²) in [7, 11) is 1.31. The lowest BCUT2D eigenvalue weighted by atomic mass is 10.2. The van der Waals surface area contributed by atoms with Gasteiger partial charge in [-0.25, -0.2) is 4.79 Å². The fraction of sp³-hybridized carbons (Fsp3) is 0.0769. The Kier molecular flexibility index (Phi) is 4.19. The lowest BCUT2D eigenvalue weighted by Crippen LogP contribution is -2.10. The van der Waals surface area contributed by atoms with E-state index < -0.39 is 5.97 Å². The van der Waals surface area contributed by atoms with Gasteiger partial charge in [0.15, 0.2) is 0 Å². The second-order valence-corrected chi connectivity index (χ2v) is 5.14. The van der Waals surface area contributed by atoms with Crippen LogP contribution in [0.4, 0.5) is 5.00 Å². The fourth-order valence-electron chi connectivity index (χ4n) is 1.40. The Labute approximate surface area is 119 Å². The first kappa shape index (κ1) is 13.6. The minimum atomic E-state index is -0.419. The van der Waals surface area contributed by atoms with Crippen molar-refractivity contribution in [1.82, 2.24) is 0 Å². The van der Waals surface area contributed by atoms with Crippen LogP contribution < -0.4 is 5.32 Å². The molecule has 0 radical (unpaired) electrons. The van der Waals surface area contributed by atoms with Crippen molar-refractivity contribution in [3.8, 4) is 0 Å². The van der Waals surface area contributed by atoms with Gasteiger partial charge in [0.2, 0.25) is 0 Å². The number of hydrogen-bond donors (Lipinski definition) is 1. The van der Waals surface area contributed by atoms with Crippen LogP contribution in [0.25, 0.3) is 0 Å². The molecule has 1 aromatic heterocycles. The number of anilines is 1. The van der Waals surface area contributed by atoms with Crippen molar-refractivity contribution in [3.05, 3.63) is 51.9 Å². The van der Waals surface area contributed by atoms with Crippen LogP contribution in [0, 0.1) is 0 Å². The molecule has 1 amide bonds. The Morgan fingerprint density at radius 3 is 2.47 bits per heavy atom. The monoisotopic (exact) mass is 295 g/mol. The number of nitrogens with one attached hydrogen (secondary N) is 1. The normalized spacial score (nSPS) is 10.0. The van der Waals surface area contributed by atoms with E-state index in [9.17, 15) is 9.59 Å². The lowest BCUT2D eigenvalue weighted by Gasteiger charge is -2.02. The van der Waals surface area contributed by atoms with Crippen molar-refractivity contribution < 1.29 is 14.3 Å². The standard InChI is InChI=1S/C13H10ClNO3S/c1-18-13(17)10-6-7-11(19-10)15-12(16)8-2-4-9(14)5-3-8/h2-7H,1H3,(H,15,16). The summed E-state index contributed by atoms with van der Waals surface area (Å²) in [6.45, 7) is 0. The van der Waals surface area contributed by atoms with E-state index in [-0.39, 0.29) is 5.91 Å². The Balaban J connectivity index is 2.08. The van der Waals surface area contributed by atoms with Crippen LogP contribution in [0.2, 0.25) is 5.02 Å². The minimum absolute atomic E-state index is 0.255. The molecular weight excluding hydrogens is 286 g/mol. The van der Waals surface area contributed by atoms with Gasteiger partial charge in [-0.1, -0.05) is 11.6 Å². The SMILES string of the molecule is COC(=O)c1ccc(NC(=O)c2ccc(Cl)cc2)s1. The topological polar surface area (TPSA) is 55.4 Å². The summed E-state index contributed by atoms with van der Waals surface area (Å²) in [4.78, 5) is 23.6. The smallest absolute Gasteiger partial charge is 0.348 e. The van der Waals surface area contributed by atoms with Gasteiger partial charge in [-0.2, -0.15) is 0 Å². The second-order valence-electron chi connectivity index (χ2n) is 3.62. The van der Waals surface area contributed by atoms with E-state index in [0.717, 1.165) is 11.3 Å². The van der Waals surface area contributed by atoms with E-state index in [1.54, 1.807) is 36.4 Å². The molecule has 6 heteroatoms. The highest BCUT2D eigenvalue weighted by Gasteiger charge is 2.11. The third kappa shape index (κ3) is 3.33. The highest BCUT2D eigenvalue weighted by molar-refractivity contribution is 7.18. The number of halogens is 1. The fourth-order valence-corrected chi connectivity index (χ4v) is 2.35. The number of esters is 1. The van der Waals surface area contributed by atoms with E-state index in [0.29, 0.717) is 20.5 Å². The Morgan fingerprint density at radius 2 is 1.84 bits per heavy atom. The zero-order chi connectivity index (χ0) is 13.8. The molecule has 98 valence electrons. The Bertz CT molecular complexity index is 607. The van der Waals surface area contributed by atoms with E-state index in [4.69, 9.17) is 11.6 Å². The summed E-state index contributed by atoms with van der Waals surface area (Å²) in [5.41, 5.74) is 0.498. The molecule has 4 nitrogen and oxygen atoms in total. The van der Waals surface area contributed by atoms with Gasteiger partial charge in [-0.05, 0) is 36.4 Å². The maximum absolute atomic E-state index is 11.9. The van der Waals surface area contributed by atoms with E-state index in [2.05, 4.69) is 10.1 Å². The van der Waals surface area contributed by atoms with Crippen LogP contribution in [0.15, 0.2) is 36.4 Å². The molecule has 0 spiro atoms. The number of ether oxygens (including phenoxy) is 1. The predicted octanol–water partition coefficient (Wildman–Crippen LogP) is 3.44. The number of amides is 1. The van der Waals surface area contributed by atoms with Crippen LogP contribution in [-0.4, -0.2) is 19.0 Å². The van der Waals surface area contributed by atoms with Gasteiger partial charge >= 0.3 is 5.97 Å². The summed E-state index contributed by atoms with van der Waals surface area (Å²) < 4.78 is 4.60. The first-order chi connectivity index (χ1) is 9.10. The molecule has 2 aromatic rings. The van der Waals surface area contributed by atoms with Gasteiger partial charge < -0.3 is 10.1 Å². The van der Waals surface area contributed by atoms with Crippen molar-refractivity contribution in [3.63, 3.8) is 0 Å². The number of methoxy groups -OCH3 is 1. The molecule has 0 saturated heterocycles. The first-order valence-corrected chi connectivity index (χ1v) is 6.54. The second kappa shape index (κ2) is 5.86. The van der Waals surface area contributed by atoms with Crippen LogP contribution in [-0.2, 0) is 4.74 Å². The average Bonchev–Trinajstić information content (AvgIpc) is 2.87. The van der Waals surface area contributed by atoms with Crippen LogP contribution in [0.5, 0.6) is 0 Å². The highest BCUT2D eigenvalue weighted by atomic mass is 35.5. The van der Waals surface area contributed by atoms with E-state index in [1.165, 1.54) is 7.11 Å². The molecule has 1 heterocycles. The largest absolute Gasteiger partial charge is 0.465 e. The summed E-state index contributed by atoms with van der Waals surface area (Å²) >= 11 is 6.91. The number of hydrogen-bond acceptors (Lipinski definition) is 4. The molecule has 0 atom stereocenters. The van der Waals surface area contributed by atoms with Crippen molar-refractivity contribution in [2.75, 3.05) is 12.4 Å². The quantitative estimate of drug-likeness (QED) is 0.883. The van der Waals surface area contributed by atoms with E-state index in [1.807, 2.05) is 0 Å². The van der Waals surface area contributed by atoms with E-state index >= 15 is 0 Å². The van der Waals surface area contributed by atoms with Crippen molar-refractivity contribution in [2.24, 2.45) is 0 Å². The highest BCUT2D eigenvalue weighted by Crippen LogP contribution is 2.23. The molecule has 19 heavy (non-hydrogen) atoms. The van der Waals surface area contributed by atoms with Gasteiger partial charge in [-0.15, -0.1) is 11.3 Å². The van der Waals surface area contributed by atoms with Crippen molar-refractivity contribution in [1.29, 1.82) is 0 Å². The zero-order valence-electron chi connectivity index (χ0n) is 9.98. The number of benzene rings is 1. The third-order valence-corrected chi connectivity index (χ3v) is 3.57. The van der Waals surface area contributed by atoms with Crippen molar-refractivity contribution in [2.45, 2.75) is 0 Å². The zero-order valence-corrected chi connectivity index (χ0v) is 11.5. The Hall–Kier alpha value is -1.85. The van der Waals surface area contributed by atoms with Crippen LogP contribution in [0.1, 0.15) is 20.0 Å². The van der Waals surface area contributed by atoms with Crippen LogP contribution in [0.3, 0.4) is 0 Å². The number of carbonyl (C=O) groups is 2. The predicted molar refractivity (Wildman–Crippen MR) is 75.1 cm³/mol. The molecule has 2 rings (SSSR count). The molecule has 1 N–H and O–H groups in total. The molecule has 0 aliphatic rings. The summed E-state index contributed by atoms with van der Waals surface area (Å²) in [5.74, 6) is -0.674. The molecule has 0 unspecified atom stereocenters. The maximum atomic E-state index is 11.9. The van der Waals surface area contributed by atoms with Gasteiger partial charge in [0.25, 0.3) is 5.91 Å². The van der Waals surface area contributed by atoms with Gasteiger partial charge in [-0.3, -0.25) is 4.79 Å². The summed E-state index contributed by atoms with van der Waals surface area (Å²) in [6, 6.07) is 9.81. The maximum Gasteiger partial charge on any atom is 0.348 e. The van der Waals surface area contributed by atoms with Crippen molar-refractivity contribution >= 4 is 39.8 Å². The number of carbonyl (C=O) groups excluding carboxylic acids is 2. The lowest BCUT2D eigenvalue weighted by molar-refractivity contribution is 0.0606. The molecule has 0 fully saturated rings. The molecule has 0 aliphatic heterocycles. The number of rotatable bonds is 3. The Morgan fingerprint density at radius 1 is 1.16 bits per heavy atom. The van der Waals surface area contributed by atoms with Gasteiger partial charge in [0.1, 0.15) is 4.88 Å². The number of thiophene rings is 1. The van der Waals surface area contributed by atoms with Crippen LogP contribution >= 0.6 is 22.9 Å². The molecule has 0 saturated carbocycles. The summed E-state index contributed by atoms with van der Waals surface area (Å²) in [5, 5.41) is 3.86. The minimum Gasteiger partial charge on any atom is -0.465 e. The average molecular weight is 296 g/mol. The summed E-state index contributed by atoms with van der Waals surface area (Å²) in [6.07, 6.45) is 0. The first-order valence-electron chi connectivity index (χ1n) is 5.35. The van der Waals surface area contributed by atoms with Gasteiger partial charge in [0.05, 0.1) is 12.1 Å².